The van der Waals surface area contributed by atoms with Crippen molar-refractivity contribution in [3.05, 3.63) is 41.7 Å². The van der Waals surface area contributed by atoms with Crippen LogP contribution in [-0.4, -0.2) is 40.9 Å². The van der Waals surface area contributed by atoms with Crippen molar-refractivity contribution in [1.82, 2.24) is 14.9 Å². The molecule has 0 spiro atoms. The number of methoxy groups -OCH3 is 1. The Bertz CT molecular complexity index is 664. The van der Waals surface area contributed by atoms with Gasteiger partial charge < -0.3 is 9.47 Å². The maximum absolute atomic E-state index is 5.91. The van der Waals surface area contributed by atoms with Gasteiger partial charge >= 0.3 is 0 Å². The molecule has 0 saturated carbocycles. The molecule has 2 heterocycles. The molecule has 0 atom stereocenters. The molecule has 0 N–H and O–H groups in total. The van der Waals surface area contributed by atoms with Gasteiger partial charge in [-0.1, -0.05) is 30.8 Å². The summed E-state index contributed by atoms with van der Waals surface area (Å²) in [5, 5.41) is 0.845. The summed E-state index contributed by atoms with van der Waals surface area (Å²) < 4.78 is 11.3. The van der Waals surface area contributed by atoms with Crippen LogP contribution in [0.1, 0.15) is 24.5 Å². The van der Waals surface area contributed by atoms with Gasteiger partial charge in [0.2, 0.25) is 0 Å². The van der Waals surface area contributed by atoms with E-state index in [-0.39, 0.29) is 0 Å². The van der Waals surface area contributed by atoms with Crippen molar-refractivity contribution in [3.63, 3.8) is 0 Å². The van der Waals surface area contributed by atoms with E-state index in [1.54, 1.807) is 18.9 Å². The smallest absolute Gasteiger partial charge is 0.187 e. The third kappa shape index (κ3) is 4.19. The third-order valence-electron chi connectivity index (χ3n) is 3.90. The summed E-state index contributed by atoms with van der Waals surface area (Å²) in [6.45, 7) is 5.47. The SMILES string of the molecule is CCSc1ncc(CN2CCCOc3c(cccc3OC)C2)cn1. The van der Waals surface area contributed by atoms with Gasteiger partial charge in [0.25, 0.3) is 0 Å². The zero-order valence-corrected chi connectivity index (χ0v) is 15.0. The van der Waals surface area contributed by atoms with Gasteiger partial charge in [-0.25, -0.2) is 9.97 Å². The quantitative estimate of drug-likeness (QED) is 0.611. The molecule has 1 aliphatic rings. The van der Waals surface area contributed by atoms with Gasteiger partial charge in [0, 0.05) is 43.2 Å². The molecule has 6 heteroatoms. The number of para-hydroxylation sites is 1. The Balaban J connectivity index is 1.74. The third-order valence-corrected chi connectivity index (χ3v) is 4.66. The second-order valence-electron chi connectivity index (χ2n) is 5.67. The molecule has 24 heavy (non-hydrogen) atoms. The number of benzene rings is 1. The maximum Gasteiger partial charge on any atom is 0.187 e. The fourth-order valence-corrected chi connectivity index (χ4v) is 3.33. The Morgan fingerprint density at radius 3 is 2.88 bits per heavy atom. The molecular weight excluding hydrogens is 322 g/mol. The molecule has 0 radical (unpaired) electrons. The van der Waals surface area contributed by atoms with Crippen LogP contribution < -0.4 is 9.47 Å². The lowest BCUT2D eigenvalue weighted by Crippen LogP contribution is -2.27. The van der Waals surface area contributed by atoms with Crippen LogP contribution >= 0.6 is 11.8 Å². The minimum atomic E-state index is 0.701. The summed E-state index contributed by atoms with van der Waals surface area (Å²) in [6.07, 6.45) is 4.86. The molecule has 1 aromatic carbocycles. The van der Waals surface area contributed by atoms with E-state index in [1.165, 1.54) is 0 Å². The van der Waals surface area contributed by atoms with Crippen LogP contribution in [0.4, 0.5) is 0 Å². The molecule has 3 rings (SSSR count). The Hall–Kier alpha value is -1.79. The van der Waals surface area contributed by atoms with E-state index in [4.69, 9.17) is 9.47 Å². The highest BCUT2D eigenvalue weighted by Gasteiger charge is 2.17. The molecule has 0 unspecified atom stereocenters. The molecule has 5 nitrogen and oxygen atoms in total. The van der Waals surface area contributed by atoms with Crippen LogP contribution in [0.2, 0.25) is 0 Å². The summed E-state index contributed by atoms with van der Waals surface area (Å²) in [4.78, 5) is 11.3. The van der Waals surface area contributed by atoms with Gasteiger partial charge in [0.05, 0.1) is 13.7 Å². The van der Waals surface area contributed by atoms with E-state index >= 15 is 0 Å². The molecule has 0 bridgehead atoms. The second kappa shape index (κ2) is 8.35. The highest BCUT2D eigenvalue weighted by molar-refractivity contribution is 7.99. The molecule has 0 fully saturated rings. The van der Waals surface area contributed by atoms with Crippen molar-refractivity contribution < 1.29 is 9.47 Å². The minimum Gasteiger partial charge on any atom is -0.493 e. The minimum absolute atomic E-state index is 0.701. The van der Waals surface area contributed by atoms with Gasteiger partial charge in [-0.05, 0) is 18.2 Å². The Morgan fingerprint density at radius 2 is 2.12 bits per heavy atom. The first kappa shape index (κ1) is 17.0. The monoisotopic (exact) mass is 345 g/mol. The second-order valence-corrected chi connectivity index (χ2v) is 6.90. The van der Waals surface area contributed by atoms with Crippen molar-refractivity contribution in [3.8, 4) is 11.5 Å². The summed E-state index contributed by atoms with van der Waals surface area (Å²) in [5.74, 6) is 2.67. The lowest BCUT2D eigenvalue weighted by atomic mass is 10.1. The average molecular weight is 345 g/mol. The first-order valence-electron chi connectivity index (χ1n) is 8.25. The highest BCUT2D eigenvalue weighted by atomic mass is 32.2. The molecular formula is C18H23N3O2S. The molecule has 128 valence electrons. The Kier molecular flexibility index (Phi) is 5.93. The van der Waals surface area contributed by atoms with Crippen LogP contribution in [0, 0.1) is 0 Å². The number of rotatable bonds is 5. The summed E-state index contributed by atoms with van der Waals surface area (Å²) >= 11 is 1.66. The van der Waals surface area contributed by atoms with Crippen LogP contribution in [0.5, 0.6) is 11.5 Å². The molecule has 0 aliphatic carbocycles. The topological polar surface area (TPSA) is 47.5 Å². The summed E-state index contributed by atoms with van der Waals surface area (Å²) in [6, 6.07) is 6.07. The van der Waals surface area contributed by atoms with Crippen molar-refractivity contribution in [2.24, 2.45) is 0 Å². The zero-order valence-electron chi connectivity index (χ0n) is 14.2. The van der Waals surface area contributed by atoms with E-state index in [2.05, 4.69) is 27.9 Å². The van der Waals surface area contributed by atoms with Gasteiger partial charge in [-0.15, -0.1) is 0 Å². The Morgan fingerprint density at radius 1 is 1.29 bits per heavy atom. The maximum atomic E-state index is 5.91. The average Bonchev–Trinajstić information content (AvgIpc) is 2.58. The predicted molar refractivity (Wildman–Crippen MR) is 95.7 cm³/mol. The van der Waals surface area contributed by atoms with Gasteiger partial charge in [0.15, 0.2) is 16.7 Å². The van der Waals surface area contributed by atoms with Crippen molar-refractivity contribution in [2.45, 2.75) is 31.6 Å². The van der Waals surface area contributed by atoms with Crippen molar-refractivity contribution in [1.29, 1.82) is 0 Å². The van der Waals surface area contributed by atoms with Crippen molar-refractivity contribution >= 4 is 11.8 Å². The summed E-state index contributed by atoms with van der Waals surface area (Å²) in [7, 11) is 1.68. The van der Waals surface area contributed by atoms with Crippen molar-refractivity contribution in [2.75, 3.05) is 26.0 Å². The van der Waals surface area contributed by atoms with E-state index in [9.17, 15) is 0 Å². The van der Waals surface area contributed by atoms with E-state index < -0.39 is 0 Å². The highest BCUT2D eigenvalue weighted by Crippen LogP contribution is 2.33. The first-order chi connectivity index (χ1) is 11.8. The van der Waals surface area contributed by atoms with Gasteiger partial charge in [-0.3, -0.25) is 4.90 Å². The molecule has 0 saturated heterocycles. The number of thioether (sulfide) groups is 1. The van der Waals surface area contributed by atoms with Gasteiger partial charge in [0.1, 0.15) is 0 Å². The predicted octanol–water partition coefficient (Wildman–Crippen LogP) is 3.38. The zero-order chi connectivity index (χ0) is 16.8. The van der Waals surface area contributed by atoms with Crippen LogP contribution in [-0.2, 0) is 13.1 Å². The first-order valence-corrected chi connectivity index (χ1v) is 9.23. The fraction of sp³-hybridized carbons (Fsp3) is 0.444. The molecule has 1 aliphatic heterocycles. The number of ether oxygens (including phenoxy) is 2. The lowest BCUT2D eigenvalue weighted by Gasteiger charge is -2.27. The van der Waals surface area contributed by atoms with E-state index in [0.29, 0.717) is 6.61 Å². The van der Waals surface area contributed by atoms with E-state index in [1.807, 2.05) is 24.5 Å². The Labute approximate surface area is 147 Å². The van der Waals surface area contributed by atoms with Crippen LogP contribution in [0.25, 0.3) is 0 Å². The number of aromatic nitrogens is 2. The molecule has 2 aromatic rings. The fourth-order valence-electron chi connectivity index (χ4n) is 2.81. The summed E-state index contributed by atoms with van der Waals surface area (Å²) in [5.41, 5.74) is 2.30. The van der Waals surface area contributed by atoms with Crippen LogP contribution in [0.3, 0.4) is 0 Å². The standard InChI is InChI=1S/C18H23N3O2S/c1-3-24-18-19-10-14(11-20-18)12-21-8-5-9-23-17-15(13-21)6-4-7-16(17)22-2/h4,6-7,10-11H,3,5,8-9,12-13H2,1-2H3. The largest absolute Gasteiger partial charge is 0.493 e. The van der Waals surface area contributed by atoms with Gasteiger partial charge in [-0.2, -0.15) is 0 Å². The molecule has 1 aromatic heterocycles. The normalized spacial score (nSPS) is 15.1. The lowest BCUT2D eigenvalue weighted by molar-refractivity contribution is 0.195. The number of fused-ring (bicyclic) bond motifs is 1. The molecule has 0 amide bonds. The number of hydrogen-bond acceptors (Lipinski definition) is 6. The number of nitrogens with zero attached hydrogens (tertiary/aromatic N) is 3. The van der Waals surface area contributed by atoms with Crippen LogP contribution in [0.15, 0.2) is 35.7 Å². The van der Waals surface area contributed by atoms with E-state index in [0.717, 1.165) is 59.6 Å². The number of hydrogen-bond donors (Lipinski definition) is 0.